The number of piperidine rings is 1. The number of primary amides is 1. The van der Waals surface area contributed by atoms with E-state index in [1.54, 1.807) is 19.3 Å². The minimum atomic E-state index is -0.253. The van der Waals surface area contributed by atoms with Gasteiger partial charge in [-0.3, -0.25) is 9.59 Å². The molecule has 9 heteroatoms. The summed E-state index contributed by atoms with van der Waals surface area (Å²) in [5.41, 5.74) is 22.8. The maximum atomic E-state index is 12.7. The van der Waals surface area contributed by atoms with Gasteiger partial charge in [-0.05, 0) is 49.6 Å². The van der Waals surface area contributed by atoms with E-state index in [1.807, 2.05) is 37.3 Å². The molecular weight excluding hydrogens is 418 g/mol. The lowest BCUT2D eigenvalue weighted by molar-refractivity contribution is -0.122. The highest BCUT2D eigenvalue weighted by Gasteiger charge is 2.24. The minimum absolute atomic E-state index is 0.0819. The summed E-state index contributed by atoms with van der Waals surface area (Å²) < 4.78 is 1.49. The summed E-state index contributed by atoms with van der Waals surface area (Å²) in [6, 6.07) is 11.2. The molecule has 0 atom stereocenters. The van der Waals surface area contributed by atoms with Crippen LogP contribution in [-0.2, 0) is 11.8 Å². The molecule has 0 radical (unpaired) electrons. The second kappa shape index (κ2) is 8.85. The number of nitrogens with zero attached hydrogens (tertiary/aromatic N) is 3. The van der Waals surface area contributed by atoms with Gasteiger partial charge in [0.15, 0.2) is 5.82 Å². The van der Waals surface area contributed by atoms with Crippen molar-refractivity contribution in [3.05, 3.63) is 58.5 Å². The number of nitrogens with two attached hydrogens (primary N) is 3. The number of hydrogen-bond donors (Lipinski definition) is 4. The Morgan fingerprint density at radius 1 is 1.12 bits per heavy atom. The average Bonchev–Trinajstić information content (AvgIpc) is 2.79. The molecule has 1 aromatic heterocycles. The molecule has 7 N–H and O–H groups in total. The molecular formula is C24H29N7O2. The smallest absolute Gasteiger partial charge is 0.293 e. The standard InChI is InChI=1S/C24H29N7O2/c1-14-17(4-3-5-18(14)25)20-13-30(2)24(33)23(29-20)28-16-6-7-21(19(26)12-16)31-10-8-15(9-11-31)22(27)32/h3-7,12-13,15H,8-11,25-26H2,1-2H3,(H2,27,32)(H,28,29). The number of aryl methyl sites for hydroxylation is 1. The summed E-state index contributed by atoms with van der Waals surface area (Å²) >= 11 is 0. The van der Waals surface area contributed by atoms with Crippen LogP contribution < -0.4 is 33.0 Å². The summed E-state index contributed by atoms with van der Waals surface area (Å²) in [6.45, 7) is 3.36. The van der Waals surface area contributed by atoms with Gasteiger partial charge in [-0.2, -0.15) is 0 Å². The van der Waals surface area contributed by atoms with Crippen LogP contribution in [0.25, 0.3) is 11.3 Å². The van der Waals surface area contributed by atoms with Gasteiger partial charge in [-0.25, -0.2) is 4.98 Å². The number of hydrogen-bond acceptors (Lipinski definition) is 7. The number of benzene rings is 2. The summed E-state index contributed by atoms with van der Waals surface area (Å²) in [6.07, 6.45) is 3.12. The summed E-state index contributed by atoms with van der Waals surface area (Å²) in [4.78, 5) is 30.9. The van der Waals surface area contributed by atoms with Crippen molar-refractivity contribution in [3.63, 3.8) is 0 Å². The molecule has 33 heavy (non-hydrogen) atoms. The Kier molecular flexibility index (Phi) is 5.95. The van der Waals surface area contributed by atoms with Gasteiger partial charge in [0.05, 0.1) is 17.1 Å². The molecule has 1 amide bonds. The molecule has 1 saturated heterocycles. The summed E-state index contributed by atoms with van der Waals surface area (Å²) in [5, 5.41) is 3.11. The Hall–Kier alpha value is -4.01. The second-order valence-electron chi connectivity index (χ2n) is 8.47. The van der Waals surface area contributed by atoms with Gasteiger partial charge in [0.1, 0.15) is 0 Å². The SMILES string of the molecule is Cc1c(N)cccc1-c1cn(C)c(=O)c(Nc2ccc(N3CCC(C(N)=O)CC3)c(N)c2)n1. The highest BCUT2D eigenvalue weighted by Crippen LogP contribution is 2.31. The van der Waals surface area contributed by atoms with Gasteiger partial charge in [-0.15, -0.1) is 0 Å². The molecule has 0 spiro atoms. The van der Waals surface area contributed by atoms with Crippen LogP contribution in [0.1, 0.15) is 18.4 Å². The number of aromatic nitrogens is 2. The fraction of sp³-hybridized carbons (Fsp3) is 0.292. The van der Waals surface area contributed by atoms with Gasteiger partial charge in [0.25, 0.3) is 5.56 Å². The summed E-state index contributed by atoms with van der Waals surface area (Å²) in [5.74, 6) is -0.125. The monoisotopic (exact) mass is 447 g/mol. The molecule has 2 aromatic carbocycles. The minimum Gasteiger partial charge on any atom is -0.398 e. The quantitative estimate of drug-likeness (QED) is 0.439. The molecule has 3 aromatic rings. The highest BCUT2D eigenvalue weighted by atomic mass is 16.1. The number of carbonyl (C=O) groups excluding carboxylic acids is 1. The second-order valence-corrected chi connectivity index (χ2v) is 8.47. The highest BCUT2D eigenvalue weighted by molar-refractivity contribution is 5.78. The average molecular weight is 448 g/mol. The third-order valence-corrected chi connectivity index (χ3v) is 6.25. The fourth-order valence-corrected chi connectivity index (χ4v) is 4.21. The first kappa shape index (κ1) is 22.2. The first-order valence-electron chi connectivity index (χ1n) is 10.9. The van der Waals surface area contributed by atoms with Crippen LogP contribution in [0.4, 0.5) is 28.6 Å². The third-order valence-electron chi connectivity index (χ3n) is 6.25. The van der Waals surface area contributed by atoms with Gasteiger partial charge in [-0.1, -0.05) is 12.1 Å². The lowest BCUT2D eigenvalue weighted by Gasteiger charge is -2.33. The van der Waals surface area contributed by atoms with E-state index in [9.17, 15) is 9.59 Å². The fourth-order valence-electron chi connectivity index (χ4n) is 4.21. The molecule has 0 saturated carbocycles. The zero-order valence-electron chi connectivity index (χ0n) is 18.8. The molecule has 1 fully saturated rings. The Labute approximate surface area is 192 Å². The number of nitrogen functional groups attached to an aromatic ring is 2. The van der Waals surface area contributed by atoms with E-state index < -0.39 is 0 Å². The van der Waals surface area contributed by atoms with Crippen molar-refractivity contribution in [2.24, 2.45) is 18.7 Å². The molecule has 1 aliphatic heterocycles. The number of carbonyl (C=O) groups is 1. The maximum absolute atomic E-state index is 12.7. The van der Waals surface area contributed by atoms with Crippen molar-refractivity contribution in [1.29, 1.82) is 0 Å². The van der Waals surface area contributed by atoms with Crippen molar-refractivity contribution >= 4 is 34.5 Å². The van der Waals surface area contributed by atoms with Gasteiger partial charge < -0.3 is 32.0 Å². The van der Waals surface area contributed by atoms with Crippen LogP contribution in [0.15, 0.2) is 47.4 Å². The van der Waals surface area contributed by atoms with Crippen LogP contribution in [-0.4, -0.2) is 28.5 Å². The van der Waals surface area contributed by atoms with Gasteiger partial charge in [0, 0.05) is 49.2 Å². The van der Waals surface area contributed by atoms with E-state index in [0.29, 0.717) is 48.7 Å². The number of anilines is 5. The number of nitrogens with one attached hydrogen (secondary N) is 1. The zero-order chi connectivity index (χ0) is 23.7. The zero-order valence-corrected chi connectivity index (χ0v) is 18.8. The van der Waals surface area contributed by atoms with Gasteiger partial charge in [0.2, 0.25) is 5.91 Å². The predicted molar refractivity (Wildman–Crippen MR) is 132 cm³/mol. The van der Waals surface area contributed by atoms with Crippen molar-refractivity contribution < 1.29 is 4.79 Å². The number of amides is 1. The van der Waals surface area contributed by atoms with E-state index in [2.05, 4.69) is 15.2 Å². The molecule has 0 aliphatic carbocycles. The Morgan fingerprint density at radius 2 is 1.85 bits per heavy atom. The van der Waals surface area contributed by atoms with Crippen molar-refractivity contribution in [3.8, 4) is 11.3 Å². The Morgan fingerprint density at radius 3 is 2.52 bits per heavy atom. The molecule has 1 aliphatic rings. The van der Waals surface area contributed by atoms with Crippen LogP contribution in [0.5, 0.6) is 0 Å². The molecule has 2 heterocycles. The van der Waals surface area contributed by atoms with E-state index >= 15 is 0 Å². The van der Waals surface area contributed by atoms with E-state index in [0.717, 1.165) is 16.8 Å². The topological polar surface area (TPSA) is 145 Å². The Balaban J connectivity index is 1.59. The van der Waals surface area contributed by atoms with Crippen LogP contribution in [0.3, 0.4) is 0 Å². The third kappa shape index (κ3) is 4.48. The van der Waals surface area contributed by atoms with Crippen LogP contribution in [0.2, 0.25) is 0 Å². The van der Waals surface area contributed by atoms with Crippen molar-refractivity contribution in [2.75, 3.05) is 34.8 Å². The summed E-state index contributed by atoms with van der Waals surface area (Å²) in [7, 11) is 1.69. The van der Waals surface area contributed by atoms with Crippen LogP contribution in [0, 0.1) is 12.8 Å². The largest absolute Gasteiger partial charge is 0.398 e. The van der Waals surface area contributed by atoms with E-state index in [4.69, 9.17) is 17.2 Å². The lowest BCUT2D eigenvalue weighted by Crippen LogP contribution is -2.38. The van der Waals surface area contributed by atoms with E-state index in [1.165, 1.54) is 4.57 Å². The predicted octanol–water partition coefficient (Wildman–Crippen LogP) is 2.37. The normalized spacial score (nSPS) is 14.3. The lowest BCUT2D eigenvalue weighted by atomic mass is 9.96. The number of rotatable bonds is 5. The molecule has 0 unspecified atom stereocenters. The molecule has 172 valence electrons. The van der Waals surface area contributed by atoms with Crippen molar-refractivity contribution in [1.82, 2.24) is 9.55 Å². The van der Waals surface area contributed by atoms with Crippen LogP contribution >= 0.6 is 0 Å². The molecule has 4 rings (SSSR count). The van der Waals surface area contributed by atoms with Crippen molar-refractivity contribution in [2.45, 2.75) is 19.8 Å². The molecule has 0 bridgehead atoms. The van der Waals surface area contributed by atoms with Gasteiger partial charge >= 0.3 is 0 Å². The van der Waals surface area contributed by atoms with E-state index in [-0.39, 0.29) is 23.2 Å². The molecule has 9 nitrogen and oxygen atoms in total. The first-order valence-corrected chi connectivity index (χ1v) is 10.9. The Bertz CT molecular complexity index is 1260. The first-order chi connectivity index (χ1) is 15.7. The maximum Gasteiger partial charge on any atom is 0.293 e.